The Bertz CT molecular complexity index is 382. The Labute approximate surface area is 128 Å². The molecule has 0 spiro atoms. The maximum Gasteiger partial charge on any atom is 0.245 e. The van der Waals surface area contributed by atoms with Crippen molar-refractivity contribution in [3.63, 3.8) is 0 Å². The van der Waals surface area contributed by atoms with Crippen LogP contribution in [0.5, 0.6) is 0 Å². The van der Waals surface area contributed by atoms with E-state index in [1.807, 2.05) is 30.7 Å². The lowest BCUT2D eigenvalue weighted by Crippen LogP contribution is -2.54. The van der Waals surface area contributed by atoms with Gasteiger partial charge in [0.25, 0.3) is 0 Å². The summed E-state index contributed by atoms with van der Waals surface area (Å²) >= 11 is 0. The lowest BCUT2D eigenvalue weighted by molar-refractivity contribution is -0.146. The number of likely N-dealkylation sites (tertiary alicyclic amines) is 2. The van der Waals surface area contributed by atoms with Gasteiger partial charge in [0.2, 0.25) is 11.8 Å². The molecule has 2 fully saturated rings. The van der Waals surface area contributed by atoms with E-state index in [1.165, 1.54) is 6.42 Å². The van der Waals surface area contributed by atoms with Gasteiger partial charge in [-0.1, -0.05) is 13.8 Å². The Morgan fingerprint density at radius 3 is 2.67 bits per heavy atom. The number of amides is 2. The quantitative estimate of drug-likeness (QED) is 0.826. The first-order valence-corrected chi connectivity index (χ1v) is 8.27. The van der Waals surface area contributed by atoms with Gasteiger partial charge in [-0.15, -0.1) is 0 Å². The van der Waals surface area contributed by atoms with Crippen LogP contribution in [-0.2, 0) is 9.59 Å². The molecule has 0 radical (unpaired) electrons. The van der Waals surface area contributed by atoms with Gasteiger partial charge < -0.3 is 15.1 Å². The summed E-state index contributed by atoms with van der Waals surface area (Å²) in [7, 11) is 1.96. The van der Waals surface area contributed by atoms with Crippen molar-refractivity contribution in [1.82, 2.24) is 15.1 Å². The fourth-order valence-corrected chi connectivity index (χ4v) is 3.65. The van der Waals surface area contributed by atoms with E-state index in [0.29, 0.717) is 12.3 Å². The highest BCUT2D eigenvalue weighted by Crippen LogP contribution is 2.24. The maximum absolute atomic E-state index is 12.9. The third-order valence-electron chi connectivity index (χ3n) is 4.65. The molecule has 2 aliphatic heterocycles. The van der Waals surface area contributed by atoms with E-state index in [1.54, 1.807) is 0 Å². The van der Waals surface area contributed by atoms with Crippen LogP contribution >= 0.6 is 0 Å². The smallest absolute Gasteiger partial charge is 0.245 e. The minimum atomic E-state index is -0.270. The van der Waals surface area contributed by atoms with Crippen molar-refractivity contribution in [2.75, 3.05) is 33.2 Å². The lowest BCUT2D eigenvalue weighted by Gasteiger charge is -2.38. The molecule has 2 amide bonds. The van der Waals surface area contributed by atoms with Crippen molar-refractivity contribution in [2.24, 2.45) is 11.8 Å². The van der Waals surface area contributed by atoms with Gasteiger partial charge in [0, 0.05) is 26.1 Å². The van der Waals surface area contributed by atoms with Crippen LogP contribution in [0, 0.1) is 11.8 Å². The Hall–Kier alpha value is -1.10. The van der Waals surface area contributed by atoms with Crippen LogP contribution in [0.2, 0.25) is 0 Å². The van der Waals surface area contributed by atoms with E-state index >= 15 is 0 Å². The molecule has 1 N–H and O–H groups in total. The molecule has 2 saturated heterocycles. The Kier molecular flexibility index (Phi) is 5.62. The van der Waals surface area contributed by atoms with E-state index in [9.17, 15) is 9.59 Å². The van der Waals surface area contributed by atoms with Crippen molar-refractivity contribution in [3.8, 4) is 0 Å². The third-order valence-corrected chi connectivity index (χ3v) is 4.65. The zero-order chi connectivity index (χ0) is 15.4. The van der Waals surface area contributed by atoms with Crippen LogP contribution in [0.15, 0.2) is 0 Å². The normalized spacial score (nSPS) is 24.8. The van der Waals surface area contributed by atoms with Crippen LogP contribution in [-0.4, -0.2) is 60.9 Å². The fraction of sp³-hybridized carbons (Fsp3) is 0.875. The predicted octanol–water partition coefficient (Wildman–Crippen LogP) is 1.09. The van der Waals surface area contributed by atoms with Crippen molar-refractivity contribution in [3.05, 3.63) is 0 Å². The molecule has 0 aromatic heterocycles. The molecule has 5 nitrogen and oxygen atoms in total. The topological polar surface area (TPSA) is 52.7 Å². The molecular weight excluding hydrogens is 266 g/mol. The predicted molar refractivity (Wildman–Crippen MR) is 82.8 cm³/mol. The Morgan fingerprint density at radius 2 is 2.10 bits per heavy atom. The molecule has 0 bridgehead atoms. The van der Waals surface area contributed by atoms with Crippen LogP contribution < -0.4 is 5.32 Å². The molecule has 21 heavy (non-hydrogen) atoms. The average Bonchev–Trinajstić information content (AvgIpc) is 2.85. The van der Waals surface area contributed by atoms with E-state index < -0.39 is 0 Å². The minimum Gasteiger partial charge on any atom is -0.341 e. The summed E-state index contributed by atoms with van der Waals surface area (Å²) < 4.78 is 0. The van der Waals surface area contributed by atoms with Crippen molar-refractivity contribution in [1.29, 1.82) is 0 Å². The second-order valence-electron chi connectivity index (χ2n) is 6.73. The first kappa shape index (κ1) is 16.3. The van der Waals surface area contributed by atoms with Gasteiger partial charge in [-0.05, 0) is 44.7 Å². The number of nitrogens with zero attached hydrogens (tertiary/aromatic N) is 2. The van der Waals surface area contributed by atoms with Crippen LogP contribution in [0.4, 0.5) is 0 Å². The first-order valence-electron chi connectivity index (χ1n) is 8.27. The van der Waals surface area contributed by atoms with Gasteiger partial charge in [-0.25, -0.2) is 0 Å². The van der Waals surface area contributed by atoms with Gasteiger partial charge >= 0.3 is 0 Å². The molecular formula is C16H29N3O2. The molecule has 0 saturated carbocycles. The Morgan fingerprint density at radius 1 is 1.33 bits per heavy atom. The van der Waals surface area contributed by atoms with E-state index in [0.717, 1.165) is 39.0 Å². The van der Waals surface area contributed by atoms with Gasteiger partial charge in [-0.3, -0.25) is 9.59 Å². The fourth-order valence-electron chi connectivity index (χ4n) is 3.65. The molecule has 2 aliphatic rings. The highest BCUT2D eigenvalue weighted by molar-refractivity contribution is 5.88. The number of carbonyl (C=O) groups is 2. The molecule has 2 rings (SSSR count). The number of hydrogen-bond acceptors (Lipinski definition) is 3. The SMILES string of the molecule is CNCC1CCCN(C(=O)C(C(C)C)N2CCCC2=O)C1. The zero-order valence-corrected chi connectivity index (χ0v) is 13.6. The second-order valence-corrected chi connectivity index (χ2v) is 6.73. The third kappa shape index (κ3) is 3.76. The number of carbonyl (C=O) groups excluding carboxylic acids is 2. The molecule has 2 heterocycles. The largest absolute Gasteiger partial charge is 0.341 e. The van der Waals surface area contributed by atoms with Crippen LogP contribution in [0.25, 0.3) is 0 Å². The van der Waals surface area contributed by atoms with Gasteiger partial charge in [0.05, 0.1) is 0 Å². The molecule has 0 aromatic rings. The second kappa shape index (κ2) is 7.25. The Balaban J connectivity index is 2.05. The van der Waals surface area contributed by atoms with Crippen molar-refractivity contribution >= 4 is 11.8 Å². The van der Waals surface area contributed by atoms with Crippen LogP contribution in [0.3, 0.4) is 0 Å². The molecule has 0 aliphatic carbocycles. The standard InChI is InChI=1S/C16H29N3O2/c1-12(2)15(19-9-5-7-14(19)20)16(21)18-8-4-6-13(11-18)10-17-3/h12-13,15,17H,4-11H2,1-3H3. The summed E-state index contributed by atoms with van der Waals surface area (Å²) in [6.07, 6.45) is 3.73. The summed E-state index contributed by atoms with van der Waals surface area (Å²) in [6, 6.07) is -0.270. The number of nitrogens with one attached hydrogen (secondary N) is 1. The molecule has 2 unspecified atom stereocenters. The average molecular weight is 295 g/mol. The van der Waals surface area contributed by atoms with E-state index in [4.69, 9.17) is 0 Å². The van der Waals surface area contributed by atoms with Gasteiger partial charge in [0.1, 0.15) is 6.04 Å². The molecule has 0 aromatic carbocycles. The molecule has 5 heteroatoms. The minimum absolute atomic E-state index is 0.144. The molecule has 2 atom stereocenters. The van der Waals surface area contributed by atoms with Crippen LogP contribution in [0.1, 0.15) is 39.5 Å². The summed E-state index contributed by atoms with van der Waals surface area (Å²) in [4.78, 5) is 28.8. The summed E-state index contributed by atoms with van der Waals surface area (Å²) in [5.74, 6) is 1.01. The summed E-state index contributed by atoms with van der Waals surface area (Å²) in [5, 5.41) is 3.21. The monoisotopic (exact) mass is 295 g/mol. The van der Waals surface area contributed by atoms with Gasteiger partial charge in [-0.2, -0.15) is 0 Å². The maximum atomic E-state index is 12.9. The lowest BCUT2D eigenvalue weighted by atomic mass is 9.95. The van der Waals surface area contributed by atoms with E-state index in [-0.39, 0.29) is 23.8 Å². The highest BCUT2D eigenvalue weighted by Gasteiger charge is 2.38. The van der Waals surface area contributed by atoms with E-state index in [2.05, 4.69) is 5.32 Å². The number of rotatable bonds is 5. The van der Waals surface area contributed by atoms with Crippen molar-refractivity contribution in [2.45, 2.75) is 45.6 Å². The molecule has 120 valence electrons. The van der Waals surface area contributed by atoms with Crippen molar-refractivity contribution < 1.29 is 9.59 Å². The number of piperidine rings is 1. The zero-order valence-electron chi connectivity index (χ0n) is 13.6. The first-order chi connectivity index (χ1) is 10.0. The van der Waals surface area contributed by atoms with Gasteiger partial charge in [0.15, 0.2) is 0 Å². The highest BCUT2D eigenvalue weighted by atomic mass is 16.2. The summed E-state index contributed by atoms with van der Waals surface area (Å²) in [5.41, 5.74) is 0. The number of hydrogen-bond donors (Lipinski definition) is 1. The summed E-state index contributed by atoms with van der Waals surface area (Å²) in [6.45, 7) is 7.45.